The van der Waals surface area contributed by atoms with Gasteiger partial charge in [0.05, 0.1) is 5.01 Å². The maximum absolute atomic E-state index is 11.8. The zero-order valence-electron chi connectivity index (χ0n) is 10.3. The van der Waals surface area contributed by atoms with Crippen LogP contribution in [0.2, 0.25) is 0 Å². The minimum atomic E-state index is -1.02. The molecule has 1 saturated heterocycles. The molecule has 19 heavy (non-hydrogen) atoms. The number of carbonyl (C=O) groups excluding carboxylic acids is 1. The normalized spacial score (nSPS) is 15.3. The summed E-state index contributed by atoms with van der Waals surface area (Å²) in [6, 6.07) is -0.0460. The second-order valence-corrected chi connectivity index (χ2v) is 6.18. The Morgan fingerprint density at radius 2 is 2.16 bits per heavy atom. The Labute approximate surface area is 119 Å². The molecule has 8 heteroatoms. The van der Waals surface area contributed by atoms with Gasteiger partial charge < -0.3 is 15.3 Å². The molecule has 2 heterocycles. The van der Waals surface area contributed by atoms with Gasteiger partial charge in [-0.25, -0.2) is 14.6 Å². The highest BCUT2D eigenvalue weighted by molar-refractivity contribution is 7.99. The lowest BCUT2D eigenvalue weighted by molar-refractivity contribution is 0.0691. The van der Waals surface area contributed by atoms with Crippen molar-refractivity contribution in [1.82, 2.24) is 15.2 Å². The Morgan fingerprint density at radius 3 is 2.79 bits per heavy atom. The first kappa shape index (κ1) is 14.1. The van der Waals surface area contributed by atoms with E-state index in [0.717, 1.165) is 29.6 Å². The van der Waals surface area contributed by atoms with E-state index in [2.05, 4.69) is 10.3 Å². The molecule has 2 amide bonds. The number of urea groups is 1. The Kier molecular flexibility index (Phi) is 5.03. The van der Waals surface area contributed by atoms with Crippen LogP contribution >= 0.6 is 23.1 Å². The second-order valence-electron chi connectivity index (χ2n) is 4.01. The van der Waals surface area contributed by atoms with Crippen LogP contribution in [0.25, 0.3) is 0 Å². The highest BCUT2D eigenvalue weighted by Crippen LogP contribution is 2.11. The summed E-state index contributed by atoms with van der Waals surface area (Å²) in [6.45, 7) is 2.06. The zero-order chi connectivity index (χ0) is 13.7. The SMILES string of the molecule is O=C(O)c1csc(CCNC(=O)N2CCSCC2)n1. The lowest BCUT2D eigenvalue weighted by Crippen LogP contribution is -2.44. The third-order valence-corrected chi connectivity index (χ3v) is 4.54. The smallest absolute Gasteiger partial charge is 0.355 e. The number of aromatic nitrogens is 1. The first-order valence-electron chi connectivity index (χ1n) is 5.95. The summed E-state index contributed by atoms with van der Waals surface area (Å²) >= 11 is 3.16. The Balaban J connectivity index is 1.73. The minimum absolute atomic E-state index is 0.0460. The Hall–Kier alpha value is -1.28. The molecule has 1 aliphatic rings. The van der Waals surface area contributed by atoms with E-state index >= 15 is 0 Å². The number of carbonyl (C=O) groups is 2. The van der Waals surface area contributed by atoms with Crippen LogP contribution < -0.4 is 5.32 Å². The van der Waals surface area contributed by atoms with Crippen molar-refractivity contribution in [2.45, 2.75) is 6.42 Å². The highest BCUT2D eigenvalue weighted by atomic mass is 32.2. The minimum Gasteiger partial charge on any atom is -0.476 e. The number of nitrogens with one attached hydrogen (secondary N) is 1. The monoisotopic (exact) mass is 301 g/mol. The number of nitrogens with zero attached hydrogens (tertiary/aromatic N) is 2. The third-order valence-electron chi connectivity index (χ3n) is 2.68. The number of hydrogen-bond acceptors (Lipinski definition) is 5. The van der Waals surface area contributed by atoms with Crippen molar-refractivity contribution in [3.05, 3.63) is 16.1 Å². The molecule has 0 aliphatic carbocycles. The van der Waals surface area contributed by atoms with E-state index in [-0.39, 0.29) is 11.7 Å². The molecule has 1 fully saturated rings. The summed E-state index contributed by atoms with van der Waals surface area (Å²) in [5, 5.41) is 13.8. The maximum Gasteiger partial charge on any atom is 0.355 e. The van der Waals surface area contributed by atoms with Crippen LogP contribution in [0.15, 0.2) is 5.38 Å². The highest BCUT2D eigenvalue weighted by Gasteiger charge is 2.16. The molecule has 0 saturated carbocycles. The summed E-state index contributed by atoms with van der Waals surface area (Å²) in [6.07, 6.45) is 0.562. The van der Waals surface area contributed by atoms with Crippen LogP contribution in [-0.2, 0) is 6.42 Å². The average molecular weight is 301 g/mol. The summed E-state index contributed by atoms with van der Waals surface area (Å²) in [5.74, 6) is 0.960. The number of amides is 2. The maximum atomic E-state index is 11.8. The van der Waals surface area contributed by atoms with E-state index in [4.69, 9.17) is 5.11 Å². The van der Waals surface area contributed by atoms with Gasteiger partial charge in [-0.15, -0.1) is 11.3 Å². The molecule has 0 aromatic carbocycles. The van der Waals surface area contributed by atoms with E-state index in [0.29, 0.717) is 13.0 Å². The number of thioether (sulfide) groups is 1. The molecule has 1 aromatic rings. The predicted octanol–water partition coefficient (Wildman–Crippen LogP) is 1.14. The van der Waals surface area contributed by atoms with Crippen LogP contribution in [0, 0.1) is 0 Å². The first-order valence-corrected chi connectivity index (χ1v) is 7.98. The van der Waals surface area contributed by atoms with E-state index < -0.39 is 5.97 Å². The van der Waals surface area contributed by atoms with Gasteiger partial charge in [-0.1, -0.05) is 0 Å². The lowest BCUT2D eigenvalue weighted by atomic mass is 10.4. The van der Waals surface area contributed by atoms with Crippen LogP contribution in [0.5, 0.6) is 0 Å². The molecular weight excluding hydrogens is 286 g/mol. The first-order chi connectivity index (χ1) is 9.16. The van der Waals surface area contributed by atoms with E-state index in [9.17, 15) is 9.59 Å². The van der Waals surface area contributed by atoms with Gasteiger partial charge in [0.1, 0.15) is 0 Å². The number of carboxylic acids is 1. The summed E-state index contributed by atoms with van der Waals surface area (Å²) < 4.78 is 0. The summed E-state index contributed by atoms with van der Waals surface area (Å²) in [4.78, 5) is 28.2. The van der Waals surface area contributed by atoms with Crippen molar-refractivity contribution in [2.75, 3.05) is 31.1 Å². The quantitative estimate of drug-likeness (QED) is 0.871. The van der Waals surface area contributed by atoms with Gasteiger partial charge >= 0.3 is 12.0 Å². The molecule has 0 unspecified atom stereocenters. The fraction of sp³-hybridized carbons (Fsp3) is 0.545. The zero-order valence-corrected chi connectivity index (χ0v) is 11.9. The molecular formula is C11H15N3O3S2. The largest absolute Gasteiger partial charge is 0.476 e. The molecule has 0 bridgehead atoms. The Bertz CT molecular complexity index is 458. The number of thiazole rings is 1. The molecule has 1 aliphatic heterocycles. The van der Waals surface area contributed by atoms with Gasteiger partial charge in [0, 0.05) is 42.9 Å². The molecule has 1 aromatic heterocycles. The summed E-state index contributed by atoms with van der Waals surface area (Å²) in [7, 11) is 0. The molecule has 104 valence electrons. The molecule has 0 radical (unpaired) electrons. The molecule has 2 rings (SSSR count). The van der Waals surface area contributed by atoms with E-state index in [1.165, 1.54) is 16.7 Å². The fourth-order valence-corrected chi connectivity index (χ4v) is 3.35. The van der Waals surface area contributed by atoms with Gasteiger partial charge in [0.2, 0.25) is 0 Å². The standard InChI is InChI=1S/C11H15N3O3S2/c15-10(16)8-7-19-9(13-8)1-2-12-11(17)14-3-5-18-6-4-14/h7H,1-6H2,(H,12,17)(H,15,16). The number of rotatable bonds is 4. The van der Waals surface area contributed by atoms with Crippen molar-refractivity contribution in [3.63, 3.8) is 0 Å². The third kappa shape index (κ3) is 4.10. The van der Waals surface area contributed by atoms with Crippen molar-refractivity contribution >= 4 is 35.1 Å². The van der Waals surface area contributed by atoms with Gasteiger partial charge in [-0.3, -0.25) is 0 Å². The second kappa shape index (κ2) is 6.76. The predicted molar refractivity (Wildman–Crippen MR) is 75.1 cm³/mol. The summed E-state index contributed by atoms with van der Waals surface area (Å²) in [5.41, 5.74) is 0.0689. The van der Waals surface area contributed by atoms with E-state index in [1.807, 2.05) is 11.8 Å². The number of aromatic carboxylic acids is 1. The van der Waals surface area contributed by atoms with Crippen molar-refractivity contribution in [3.8, 4) is 0 Å². The van der Waals surface area contributed by atoms with Gasteiger partial charge in [0.15, 0.2) is 5.69 Å². The van der Waals surface area contributed by atoms with Crippen LogP contribution in [0.1, 0.15) is 15.5 Å². The molecule has 0 atom stereocenters. The topological polar surface area (TPSA) is 82.5 Å². The van der Waals surface area contributed by atoms with Crippen molar-refractivity contribution < 1.29 is 14.7 Å². The van der Waals surface area contributed by atoms with Crippen LogP contribution in [0.3, 0.4) is 0 Å². The van der Waals surface area contributed by atoms with E-state index in [1.54, 1.807) is 4.90 Å². The lowest BCUT2D eigenvalue weighted by Gasteiger charge is -2.26. The Morgan fingerprint density at radius 1 is 1.42 bits per heavy atom. The van der Waals surface area contributed by atoms with Crippen LogP contribution in [0.4, 0.5) is 4.79 Å². The molecule has 2 N–H and O–H groups in total. The van der Waals surface area contributed by atoms with Crippen LogP contribution in [-0.4, -0.2) is 58.1 Å². The fourth-order valence-electron chi connectivity index (χ4n) is 1.68. The number of hydrogen-bond donors (Lipinski definition) is 2. The number of carboxylic acid groups (broad SMARTS) is 1. The van der Waals surface area contributed by atoms with Crippen molar-refractivity contribution in [1.29, 1.82) is 0 Å². The average Bonchev–Trinajstić information content (AvgIpc) is 2.89. The van der Waals surface area contributed by atoms with Gasteiger partial charge in [-0.2, -0.15) is 11.8 Å². The van der Waals surface area contributed by atoms with Crippen molar-refractivity contribution in [2.24, 2.45) is 0 Å². The van der Waals surface area contributed by atoms with Gasteiger partial charge in [0.25, 0.3) is 0 Å². The molecule has 6 nitrogen and oxygen atoms in total. The van der Waals surface area contributed by atoms with Gasteiger partial charge in [-0.05, 0) is 0 Å². The molecule has 0 spiro atoms.